The molecule has 1 aliphatic carbocycles. The number of hydrogen-bond acceptors (Lipinski definition) is 2. The SMILES string of the molecule is O=C(NC1CCCC1)C1CC(=O)N(c2cc(C(F)(F)F)ccc2Cl)C1. The minimum absolute atomic E-state index is 0.00217. The highest BCUT2D eigenvalue weighted by molar-refractivity contribution is 6.34. The first kappa shape index (κ1) is 18.0. The van der Waals surface area contributed by atoms with Crippen LogP contribution in [0.25, 0.3) is 0 Å². The van der Waals surface area contributed by atoms with Crippen LogP contribution in [0.4, 0.5) is 18.9 Å². The van der Waals surface area contributed by atoms with E-state index in [2.05, 4.69) is 5.32 Å². The minimum Gasteiger partial charge on any atom is -0.353 e. The number of amides is 2. The number of carbonyl (C=O) groups is 2. The summed E-state index contributed by atoms with van der Waals surface area (Å²) in [6.07, 6.45) is -0.557. The summed E-state index contributed by atoms with van der Waals surface area (Å²) >= 11 is 5.99. The van der Waals surface area contributed by atoms with Crippen molar-refractivity contribution >= 4 is 29.1 Å². The fraction of sp³-hybridized carbons (Fsp3) is 0.529. The molecule has 0 radical (unpaired) electrons. The van der Waals surface area contributed by atoms with Crippen LogP contribution >= 0.6 is 11.6 Å². The molecule has 1 aliphatic heterocycles. The Morgan fingerprint density at radius 2 is 1.92 bits per heavy atom. The average molecular weight is 375 g/mol. The van der Waals surface area contributed by atoms with Crippen LogP contribution in [0.5, 0.6) is 0 Å². The van der Waals surface area contributed by atoms with E-state index in [1.807, 2.05) is 0 Å². The summed E-state index contributed by atoms with van der Waals surface area (Å²) in [6, 6.07) is 2.99. The van der Waals surface area contributed by atoms with Crippen molar-refractivity contribution in [3.05, 3.63) is 28.8 Å². The number of nitrogens with zero attached hydrogens (tertiary/aromatic N) is 1. The smallest absolute Gasteiger partial charge is 0.353 e. The molecule has 1 saturated heterocycles. The molecule has 1 unspecified atom stereocenters. The first-order valence-electron chi connectivity index (χ1n) is 8.23. The number of alkyl halides is 3. The highest BCUT2D eigenvalue weighted by atomic mass is 35.5. The number of rotatable bonds is 3. The van der Waals surface area contributed by atoms with Crippen LogP contribution in [-0.2, 0) is 15.8 Å². The zero-order valence-corrected chi connectivity index (χ0v) is 14.2. The molecule has 4 nitrogen and oxygen atoms in total. The van der Waals surface area contributed by atoms with Gasteiger partial charge in [-0.05, 0) is 31.0 Å². The summed E-state index contributed by atoms with van der Waals surface area (Å²) in [4.78, 5) is 25.8. The number of hydrogen-bond donors (Lipinski definition) is 1. The third-order valence-electron chi connectivity index (χ3n) is 4.76. The predicted octanol–water partition coefficient (Wildman–Crippen LogP) is 3.77. The van der Waals surface area contributed by atoms with Crippen molar-refractivity contribution in [1.29, 1.82) is 0 Å². The molecule has 1 N–H and O–H groups in total. The number of nitrogens with one attached hydrogen (secondary N) is 1. The third-order valence-corrected chi connectivity index (χ3v) is 5.08. The van der Waals surface area contributed by atoms with Gasteiger partial charge >= 0.3 is 6.18 Å². The lowest BCUT2D eigenvalue weighted by atomic mass is 10.1. The Balaban J connectivity index is 1.75. The van der Waals surface area contributed by atoms with E-state index in [9.17, 15) is 22.8 Å². The normalized spacial score (nSPS) is 21.8. The third kappa shape index (κ3) is 3.92. The monoisotopic (exact) mass is 374 g/mol. The molecule has 0 aromatic heterocycles. The summed E-state index contributed by atoms with van der Waals surface area (Å²) in [5, 5.41) is 2.99. The summed E-state index contributed by atoms with van der Waals surface area (Å²) in [5.74, 6) is -1.18. The van der Waals surface area contributed by atoms with Gasteiger partial charge in [-0.15, -0.1) is 0 Å². The molecule has 3 rings (SSSR count). The first-order chi connectivity index (χ1) is 11.8. The molecule has 1 aromatic carbocycles. The lowest BCUT2D eigenvalue weighted by molar-refractivity contribution is -0.137. The van der Waals surface area contributed by atoms with Crippen LogP contribution in [0.15, 0.2) is 18.2 Å². The van der Waals surface area contributed by atoms with Crippen LogP contribution in [0.1, 0.15) is 37.7 Å². The Kier molecular flexibility index (Phi) is 4.95. The molecule has 2 aliphatic rings. The van der Waals surface area contributed by atoms with Crippen molar-refractivity contribution in [1.82, 2.24) is 5.32 Å². The Labute approximate surface area is 148 Å². The molecule has 2 amide bonds. The van der Waals surface area contributed by atoms with Gasteiger partial charge in [0.15, 0.2) is 0 Å². The highest BCUT2D eigenvalue weighted by Gasteiger charge is 2.38. The zero-order valence-electron chi connectivity index (χ0n) is 13.4. The van der Waals surface area contributed by atoms with E-state index in [0.29, 0.717) is 0 Å². The van der Waals surface area contributed by atoms with Crippen molar-refractivity contribution in [3.63, 3.8) is 0 Å². The van der Waals surface area contributed by atoms with E-state index < -0.39 is 23.6 Å². The van der Waals surface area contributed by atoms with Crippen LogP contribution in [0, 0.1) is 5.92 Å². The maximum Gasteiger partial charge on any atom is 0.416 e. The van der Waals surface area contributed by atoms with E-state index in [1.54, 1.807) is 0 Å². The number of benzene rings is 1. The molecule has 25 heavy (non-hydrogen) atoms. The van der Waals surface area contributed by atoms with Crippen LogP contribution < -0.4 is 10.2 Å². The largest absolute Gasteiger partial charge is 0.416 e. The minimum atomic E-state index is -4.53. The van der Waals surface area contributed by atoms with Crippen LogP contribution in [0.2, 0.25) is 5.02 Å². The predicted molar refractivity (Wildman–Crippen MR) is 87.3 cm³/mol. The molecule has 1 atom stereocenters. The lowest BCUT2D eigenvalue weighted by Gasteiger charge is -2.20. The molecule has 136 valence electrons. The summed E-state index contributed by atoms with van der Waals surface area (Å²) in [6.45, 7) is 0.0401. The highest BCUT2D eigenvalue weighted by Crippen LogP contribution is 2.37. The van der Waals surface area contributed by atoms with Gasteiger partial charge in [-0.2, -0.15) is 13.2 Å². The molecule has 1 heterocycles. The van der Waals surface area contributed by atoms with Gasteiger partial charge in [0.2, 0.25) is 11.8 Å². The second-order valence-electron chi connectivity index (χ2n) is 6.56. The lowest BCUT2D eigenvalue weighted by Crippen LogP contribution is -2.38. The van der Waals surface area contributed by atoms with Gasteiger partial charge in [0.05, 0.1) is 22.2 Å². The molecular formula is C17H18ClF3N2O2. The number of halogens is 4. The Morgan fingerprint density at radius 3 is 2.56 bits per heavy atom. The fourth-order valence-corrected chi connectivity index (χ4v) is 3.62. The van der Waals surface area contributed by atoms with Crippen LogP contribution in [0.3, 0.4) is 0 Å². The quantitative estimate of drug-likeness (QED) is 0.875. The molecule has 1 aromatic rings. The first-order valence-corrected chi connectivity index (χ1v) is 8.61. The van der Waals surface area contributed by atoms with Gasteiger partial charge in [-0.25, -0.2) is 0 Å². The Hall–Kier alpha value is -1.76. The Bertz CT molecular complexity index is 687. The average Bonchev–Trinajstić information content (AvgIpc) is 3.16. The van der Waals surface area contributed by atoms with Crippen molar-refractivity contribution in [2.24, 2.45) is 5.92 Å². The van der Waals surface area contributed by atoms with Crippen molar-refractivity contribution in [2.45, 2.75) is 44.3 Å². The van der Waals surface area contributed by atoms with Crippen molar-refractivity contribution in [2.75, 3.05) is 11.4 Å². The fourth-order valence-electron chi connectivity index (χ4n) is 3.40. The standard InChI is InChI=1S/C17H18ClF3N2O2/c18-13-6-5-11(17(19,20)21)8-14(13)23-9-10(7-15(23)24)16(25)22-12-3-1-2-4-12/h5-6,8,10,12H,1-4,7,9H2,(H,22,25). The van der Waals surface area contributed by atoms with Gasteiger partial charge in [0.1, 0.15) is 0 Å². The van der Waals surface area contributed by atoms with E-state index in [0.717, 1.165) is 43.9 Å². The van der Waals surface area contributed by atoms with Gasteiger partial charge in [0, 0.05) is 19.0 Å². The van der Waals surface area contributed by atoms with Gasteiger partial charge in [-0.1, -0.05) is 24.4 Å². The molecule has 0 bridgehead atoms. The van der Waals surface area contributed by atoms with Crippen LogP contribution in [-0.4, -0.2) is 24.4 Å². The van der Waals surface area contributed by atoms with Crippen molar-refractivity contribution < 1.29 is 22.8 Å². The Morgan fingerprint density at radius 1 is 1.24 bits per heavy atom. The summed E-state index contributed by atoms with van der Waals surface area (Å²) in [7, 11) is 0. The van der Waals surface area contributed by atoms with E-state index >= 15 is 0 Å². The second kappa shape index (κ2) is 6.86. The van der Waals surface area contributed by atoms with Gasteiger partial charge < -0.3 is 10.2 Å². The molecule has 1 saturated carbocycles. The molecule has 2 fully saturated rings. The number of anilines is 1. The van der Waals surface area contributed by atoms with E-state index in [-0.39, 0.29) is 35.6 Å². The second-order valence-corrected chi connectivity index (χ2v) is 6.97. The molecule has 8 heteroatoms. The van der Waals surface area contributed by atoms with Gasteiger partial charge in [-0.3, -0.25) is 9.59 Å². The molecule has 0 spiro atoms. The van der Waals surface area contributed by atoms with Crippen molar-refractivity contribution in [3.8, 4) is 0 Å². The summed E-state index contributed by atoms with van der Waals surface area (Å²) < 4.78 is 38.7. The summed E-state index contributed by atoms with van der Waals surface area (Å²) in [5.41, 5.74) is -0.879. The topological polar surface area (TPSA) is 49.4 Å². The van der Waals surface area contributed by atoms with Gasteiger partial charge in [0.25, 0.3) is 0 Å². The number of carbonyl (C=O) groups excluding carboxylic acids is 2. The molecular weight excluding hydrogens is 357 g/mol. The van der Waals surface area contributed by atoms with E-state index in [4.69, 9.17) is 11.6 Å². The van der Waals surface area contributed by atoms with E-state index in [1.165, 1.54) is 4.90 Å². The zero-order chi connectivity index (χ0) is 18.2. The maximum atomic E-state index is 12.9. The maximum absolute atomic E-state index is 12.9.